The van der Waals surface area contributed by atoms with E-state index in [-0.39, 0.29) is 5.95 Å². The van der Waals surface area contributed by atoms with E-state index in [1.165, 1.54) is 28.9 Å². The van der Waals surface area contributed by atoms with Gasteiger partial charge in [-0.1, -0.05) is 29.3 Å². The van der Waals surface area contributed by atoms with E-state index in [2.05, 4.69) is 15.4 Å². The third-order valence-corrected chi connectivity index (χ3v) is 3.64. The number of halogens is 3. The number of fused-ring (bicyclic) bond motifs is 1. The van der Waals surface area contributed by atoms with Crippen molar-refractivity contribution in [3.8, 4) is 0 Å². The molecule has 3 rings (SSSR count). The molecule has 0 radical (unpaired) electrons. The van der Waals surface area contributed by atoms with E-state index in [4.69, 9.17) is 23.2 Å². The summed E-state index contributed by atoms with van der Waals surface area (Å²) >= 11 is 11.7. The summed E-state index contributed by atoms with van der Waals surface area (Å²) in [6.07, 6.45) is 4.06. The molecule has 1 aromatic carbocycles. The molecule has 1 amide bonds. The summed E-state index contributed by atoms with van der Waals surface area (Å²) in [4.78, 5) is 15.9. The maximum Gasteiger partial charge on any atom is 0.250 e. The average Bonchev–Trinajstić information content (AvgIpc) is 2.89. The Morgan fingerprint density at radius 1 is 1.22 bits per heavy atom. The Balaban J connectivity index is 1.72. The number of hydrogen-bond donors (Lipinski definition) is 1. The maximum absolute atomic E-state index is 13.1. The highest BCUT2D eigenvalue weighted by molar-refractivity contribution is 6.42. The van der Waals surface area contributed by atoms with E-state index in [1.807, 2.05) is 0 Å². The number of hydrogen-bond acceptors (Lipinski definition) is 3. The third kappa shape index (κ3) is 3.67. The molecule has 116 valence electrons. The quantitative estimate of drug-likeness (QED) is 0.730. The van der Waals surface area contributed by atoms with Crippen molar-refractivity contribution in [2.75, 3.05) is 5.32 Å². The fraction of sp³-hybridized carbons (Fsp3) is 0. The molecule has 2 heterocycles. The van der Waals surface area contributed by atoms with Gasteiger partial charge in [0.25, 0.3) is 5.91 Å². The molecular formula is C15H9Cl2FN4O. The zero-order valence-corrected chi connectivity index (χ0v) is 13.0. The molecule has 8 heteroatoms. The third-order valence-electron chi connectivity index (χ3n) is 2.90. The molecule has 5 nitrogen and oxygen atoms in total. The fourth-order valence-electron chi connectivity index (χ4n) is 1.85. The lowest BCUT2D eigenvalue weighted by Crippen LogP contribution is -2.09. The summed E-state index contributed by atoms with van der Waals surface area (Å²) in [5.41, 5.74) is 1.15. The molecule has 0 aliphatic heterocycles. The minimum absolute atomic E-state index is 0.0828. The molecule has 23 heavy (non-hydrogen) atoms. The molecule has 0 unspecified atom stereocenters. The molecule has 0 bridgehead atoms. The van der Waals surface area contributed by atoms with E-state index < -0.39 is 11.7 Å². The second-order valence-corrected chi connectivity index (χ2v) is 5.40. The van der Waals surface area contributed by atoms with Gasteiger partial charge in [-0.15, -0.1) is 5.10 Å². The van der Waals surface area contributed by atoms with Gasteiger partial charge in [0.15, 0.2) is 5.65 Å². The van der Waals surface area contributed by atoms with Crippen molar-refractivity contribution < 1.29 is 9.18 Å². The molecule has 0 fully saturated rings. The van der Waals surface area contributed by atoms with Crippen LogP contribution in [0, 0.1) is 5.82 Å². The van der Waals surface area contributed by atoms with Crippen LogP contribution in [0.3, 0.4) is 0 Å². The number of carbonyl (C=O) groups excluding carboxylic acids is 1. The van der Waals surface area contributed by atoms with Gasteiger partial charge in [0.2, 0.25) is 5.95 Å². The zero-order valence-electron chi connectivity index (χ0n) is 11.5. The van der Waals surface area contributed by atoms with Gasteiger partial charge in [-0.05, 0) is 35.9 Å². The molecule has 0 aliphatic carbocycles. The number of aromatic nitrogens is 3. The number of rotatable bonds is 3. The van der Waals surface area contributed by atoms with Crippen LogP contribution < -0.4 is 5.32 Å². The Morgan fingerprint density at radius 2 is 2.04 bits per heavy atom. The van der Waals surface area contributed by atoms with Crippen LogP contribution in [0.4, 0.5) is 10.3 Å². The van der Waals surface area contributed by atoms with E-state index in [0.717, 1.165) is 5.56 Å². The standard InChI is InChI=1S/C15H9Cl2FN4O/c16-11-4-1-9(7-12(11)17)2-6-14(23)20-15-19-13-5-3-10(18)8-22(13)21-15/h1-8H,(H,20,21,23)/b6-2+. The highest BCUT2D eigenvalue weighted by Crippen LogP contribution is 2.23. The first-order valence-corrected chi connectivity index (χ1v) is 7.23. The highest BCUT2D eigenvalue weighted by atomic mass is 35.5. The summed E-state index contributed by atoms with van der Waals surface area (Å²) in [6, 6.07) is 7.73. The highest BCUT2D eigenvalue weighted by Gasteiger charge is 2.06. The lowest BCUT2D eigenvalue weighted by Gasteiger charge is -1.98. The minimum atomic E-state index is -0.445. The first kappa shape index (κ1) is 15.5. The maximum atomic E-state index is 13.1. The van der Waals surface area contributed by atoms with Crippen LogP contribution in [0.5, 0.6) is 0 Å². The monoisotopic (exact) mass is 350 g/mol. The van der Waals surface area contributed by atoms with Gasteiger partial charge in [0, 0.05) is 6.08 Å². The zero-order chi connectivity index (χ0) is 16.4. The fourth-order valence-corrected chi connectivity index (χ4v) is 2.16. The van der Waals surface area contributed by atoms with Gasteiger partial charge in [0.05, 0.1) is 16.2 Å². The lowest BCUT2D eigenvalue weighted by molar-refractivity contribution is -0.111. The number of pyridine rings is 1. The number of nitrogens with one attached hydrogen (secondary N) is 1. The van der Waals surface area contributed by atoms with E-state index >= 15 is 0 Å². The van der Waals surface area contributed by atoms with Crippen molar-refractivity contribution in [3.63, 3.8) is 0 Å². The molecule has 0 atom stereocenters. The summed E-state index contributed by atoms with van der Waals surface area (Å²) in [7, 11) is 0. The predicted octanol–water partition coefficient (Wildman–Crippen LogP) is 3.83. The van der Waals surface area contributed by atoms with Gasteiger partial charge < -0.3 is 0 Å². The summed E-state index contributed by atoms with van der Waals surface area (Å²) < 4.78 is 14.3. The minimum Gasteiger partial charge on any atom is -0.290 e. The van der Waals surface area contributed by atoms with Gasteiger partial charge in [0.1, 0.15) is 5.82 Å². The molecule has 0 saturated heterocycles. The summed E-state index contributed by atoms with van der Waals surface area (Å²) in [5, 5.41) is 7.29. The molecular weight excluding hydrogens is 342 g/mol. The van der Waals surface area contributed by atoms with Gasteiger partial charge in [-0.25, -0.2) is 8.91 Å². The van der Waals surface area contributed by atoms with Crippen molar-refractivity contribution in [2.24, 2.45) is 0 Å². The van der Waals surface area contributed by atoms with Crippen LogP contribution in [-0.2, 0) is 4.79 Å². The smallest absolute Gasteiger partial charge is 0.250 e. The van der Waals surface area contributed by atoms with Gasteiger partial charge in [-0.2, -0.15) is 4.98 Å². The van der Waals surface area contributed by atoms with Crippen LogP contribution in [0.1, 0.15) is 5.56 Å². The van der Waals surface area contributed by atoms with Crippen molar-refractivity contribution >= 4 is 46.8 Å². The van der Waals surface area contributed by atoms with Crippen LogP contribution in [0.2, 0.25) is 10.0 Å². The first-order valence-electron chi connectivity index (χ1n) is 6.47. The van der Waals surface area contributed by atoms with Crippen molar-refractivity contribution in [1.82, 2.24) is 14.6 Å². The van der Waals surface area contributed by atoms with Crippen LogP contribution >= 0.6 is 23.2 Å². The number of nitrogens with zero attached hydrogens (tertiary/aromatic N) is 3. The molecule has 2 aromatic heterocycles. The normalized spacial score (nSPS) is 11.3. The van der Waals surface area contributed by atoms with Crippen LogP contribution in [0.15, 0.2) is 42.6 Å². The SMILES string of the molecule is O=C(/C=C/c1ccc(Cl)c(Cl)c1)Nc1nc2ccc(F)cn2n1. The van der Waals surface area contributed by atoms with E-state index in [0.29, 0.717) is 15.7 Å². The van der Waals surface area contributed by atoms with Gasteiger partial charge in [-0.3, -0.25) is 10.1 Å². The number of carbonyl (C=O) groups is 1. The summed E-state index contributed by atoms with van der Waals surface area (Å²) in [5.74, 6) is -0.786. The Kier molecular flexibility index (Phi) is 4.27. The topological polar surface area (TPSA) is 59.3 Å². The van der Waals surface area contributed by atoms with Crippen LogP contribution in [0.25, 0.3) is 11.7 Å². The Bertz CT molecular complexity index is 923. The lowest BCUT2D eigenvalue weighted by atomic mass is 10.2. The molecule has 0 aliphatic rings. The first-order chi connectivity index (χ1) is 11.0. The molecule has 0 spiro atoms. The Labute approximate surface area is 140 Å². The number of anilines is 1. The van der Waals surface area contributed by atoms with E-state index in [9.17, 15) is 9.18 Å². The Hall–Kier alpha value is -2.44. The number of amides is 1. The second kappa shape index (κ2) is 6.36. The van der Waals surface area contributed by atoms with Crippen molar-refractivity contribution in [1.29, 1.82) is 0 Å². The van der Waals surface area contributed by atoms with E-state index in [1.54, 1.807) is 24.3 Å². The van der Waals surface area contributed by atoms with Crippen molar-refractivity contribution in [3.05, 3.63) is 64.0 Å². The van der Waals surface area contributed by atoms with Crippen molar-refractivity contribution in [2.45, 2.75) is 0 Å². The average molecular weight is 351 g/mol. The van der Waals surface area contributed by atoms with Gasteiger partial charge >= 0.3 is 0 Å². The summed E-state index contributed by atoms with van der Waals surface area (Å²) in [6.45, 7) is 0. The molecule has 3 aromatic rings. The number of benzene rings is 1. The molecule has 1 N–H and O–H groups in total. The second-order valence-electron chi connectivity index (χ2n) is 4.58. The molecule has 0 saturated carbocycles. The largest absolute Gasteiger partial charge is 0.290 e. The Morgan fingerprint density at radius 3 is 2.83 bits per heavy atom. The predicted molar refractivity (Wildman–Crippen MR) is 87.1 cm³/mol. The van der Waals surface area contributed by atoms with Crippen LogP contribution in [-0.4, -0.2) is 20.5 Å².